The fourth-order valence-electron chi connectivity index (χ4n) is 2.24. The topological polar surface area (TPSA) is 12.4 Å². The molecule has 0 radical (unpaired) electrons. The molecule has 0 aliphatic heterocycles. The molecule has 0 spiro atoms. The normalized spacial score (nSPS) is 11.5. The number of aryl methyl sites for hydroxylation is 2. The van der Waals surface area contributed by atoms with E-state index in [0.717, 1.165) is 12.1 Å². The first-order valence-electron chi connectivity index (χ1n) is 6.88. The lowest BCUT2D eigenvalue weighted by atomic mass is 10.1. The molecular weight excluding hydrogens is 262 g/mol. The molecule has 0 aliphatic rings. The molecule has 2 heteroatoms. The summed E-state index contributed by atoms with van der Waals surface area (Å²) in [6, 6.07) is 17.2. The van der Waals surface area contributed by atoms with Crippen molar-refractivity contribution in [2.45, 2.75) is 20.3 Å². The highest BCUT2D eigenvalue weighted by molar-refractivity contribution is 7.13. The molecular formula is C18H17NS. The largest absolute Gasteiger partial charge is 0.255 e. The van der Waals surface area contributed by atoms with Crippen LogP contribution in [0.1, 0.15) is 22.2 Å². The lowest BCUT2D eigenvalue weighted by Crippen LogP contribution is -1.80. The third-order valence-corrected chi connectivity index (χ3v) is 4.33. The zero-order valence-corrected chi connectivity index (χ0v) is 12.6. The van der Waals surface area contributed by atoms with Crippen LogP contribution in [0.4, 0.5) is 5.69 Å². The molecule has 100 valence electrons. The molecule has 20 heavy (non-hydrogen) atoms. The maximum Gasteiger partial charge on any atom is 0.0636 e. The second kappa shape index (κ2) is 5.59. The highest BCUT2D eigenvalue weighted by Crippen LogP contribution is 2.23. The maximum atomic E-state index is 4.57. The highest BCUT2D eigenvalue weighted by Gasteiger charge is 1.97. The Hall–Kier alpha value is -1.93. The summed E-state index contributed by atoms with van der Waals surface area (Å²) in [6.07, 6.45) is 3.02. The molecule has 3 rings (SSSR count). The van der Waals surface area contributed by atoms with E-state index in [9.17, 15) is 0 Å². The smallest absolute Gasteiger partial charge is 0.0636 e. The van der Waals surface area contributed by atoms with Crippen molar-refractivity contribution in [3.05, 3.63) is 63.8 Å². The summed E-state index contributed by atoms with van der Waals surface area (Å²) in [6.45, 7) is 4.30. The van der Waals surface area contributed by atoms with Crippen LogP contribution >= 0.6 is 11.3 Å². The van der Waals surface area contributed by atoms with Crippen molar-refractivity contribution in [2.24, 2.45) is 4.99 Å². The number of rotatable bonds is 3. The summed E-state index contributed by atoms with van der Waals surface area (Å²) in [7, 11) is 0. The van der Waals surface area contributed by atoms with Crippen molar-refractivity contribution in [2.75, 3.05) is 0 Å². The summed E-state index contributed by atoms with van der Waals surface area (Å²) >= 11 is 1.77. The molecule has 1 nitrogen and oxygen atoms in total. The van der Waals surface area contributed by atoms with Crippen molar-refractivity contribution in [3.63, 3.8) is 0 Å². The van der Waals surface area contributed by atoms with E-state index in [1.54, 1.807) is 11.3 Å². The van der Waals surface area contributed by atoms with Crippen molar-refractivity contribution in [3.8, 4) is 0 Å². The van der Waals surface area contributed by atoms with E-state index >= 15 is 0 Å². The monoisotopic (exact) mass is 279 g/mol. The van der Waals surface area contributed by atoms with E-state index in [1.165, 1.54) is 26.1 Å². The predicted molar refractivity (Wildman–Crippen MR) is 89.6 cm³/mol. The third kappa shape index (κ3) is 2.81. The zero-order valence-electron chi connectivity index (χ0n) is 11.8. The molecule has 0 unspecified atom stereocenters. The van der Waals surface area contributed by atoms with E-state index < -0.39 is 0 Å². The van der Waals surface area contributed by atoms with Gasteiger partial charge in [-0.1, -0.05) is 31.2 Å². The molecule has 0 atom stereocenters. The van der Waals surface area contributed by atoms with Crippen LogP contribution in [0, 0.1) is 6.92 Å². The van der Waals surface area contributed by atoms with Crippen LogP contribution in [0.5, 0.6) is 0 Å². The molecule has 0 bridgehead atoms. The first-order chi connectivity index (χ1) is 9.74. The van der Waals surface area contributed by atoms with Crippen LogP contribution in [0.2, 0.25) is 0 Å². The second-order valence-corrected chi connectivity index (χ2v) is 6.25. The Bertz CT molecular complexity index is 768. The summed E-state index contributed by atoms with van der Waals surface area (Å²) in [5, 5.41) is 2.54. The lowest BCUT2D eigenvalue weighted by molar-refractivity contribution is 1.15. The van der Waals surface area contributed by atoms with Gasteiger partial charge in [-0.2, -0.15) is 0 Å². The van der Waals surface area contributed by atoms with E-state index in [0.29, 0.717) is 0 Å². The third-order valence-electron chi connectivity index (χ3n) is 3.40. The van der Waals surface area contributed by atoms with E-state index in [4.69, 9.17) is 0 Å². The second-order valence-electron chi connectivity index (χ2n) is 4.93. The van der Waals surface area contributed by atoms with Crippen LogP contribution in [-0.2, 0) is 6.42 Å². The predicted octanol–water partition coefficient (Wildman–Crippen LogP) is 5.52. The number of hydrogen-bond acceptors (Lipinski definition) is 2. The van der Waals surface area contributed by atoms with E-state index in [1.807, 2.05) is 6.21 Å². The molecule has 3 aromatic rings. The fourth-order valence-corrected chi connectivity index (χ4v) is 2.99. The molecule has 0 fully saturated rings. The maximum absolute atomic E-state index is 4.57. The van der Waals surface area contributed by atoms with Crippen LogP contribution in [0.3, 0.4) is 0 Å². The highest BCUT2D eigenvalue weighted by atomic mass is 32.1. The fraction of sp³-hybridized carbons (Fsp3) is 0.167. The van der Waals surface area contributed by atoms with Crippen molar-refractivity contribution >= 4 is 34.0 Å². The number of fused-ring (bicyclic) bond motifs is 1. The van der Waals surface area contributed by atoms with Crippen LogP contribution in [-0.4, -0.2) is 6.21 Å². The molecule has 2 aromatic carbocycles. The Kier molecular flexibility index (Phi) is 3.66. The molecule has 0 aliphatic carbocycles. The first-order valence-corrected chi connectivity index (χ1v) is 7.69. The Morgan fingerprint density at radius 3 is 2.55 bits per heavy atom. The quantitative estimate of drug-likeness (QED) is 0.559. The number of aliphatic imine (C=N–C) groups is 1. The zero-order chi connectivity index (χ0) is 13.9. The summed E-state index contributed by atoms with van der Waals surface area (Å²) in [5.74, 6) is 0. The van der Waals surface area contributed by atoms with Gasteiger partial charge in [0.1, 0.15) is 0 Å². The van der Waals surface area contributed by atoms with Crippen LogP contribution in [0.15, 0.2) is 53.5 Å². The SMILES string of the molecule is CCc1ccc2cc(N=Cc3ccc(C)s3)ccc2c1. The van der Waals surface area contributed by atoms with Gasteiger partial charge in [0.2, 0.25) is 0 Å². The lowest BCUT2D eigenvalue weighted by Gasteiger charge is -2.02. The van der Waals surface area contributed by atoms with Gasteiger partial charge in [0.05, 0.1) is 5.69 Å². The average molecular weight is 279 g/mol. The number of benzene rings is 2. The molecule has 0 N–H and O–H groups in total. The summed E-state index contributed by atoms with van der Waals surface area (Å²) in [5.41, 5.74) is 2.38. The van der Waals surface area contributed by atoms with Crippen molar-refractivity contribution in [1.82, 2.24) is 0 Å². The van der Waals surface area contributed by atoms with Gasteiger partial charge < -0.3 is 0 Å². The Morgan fingerprint density at radius 2 is 1.80 bits per heavy atom. The number of nitrogens with zero attached hydrogens (tertiary/aromatic N) is 1. The van der Waals surface area contributed by atoms with Gasteiger partial charge in [-0.15, -0.1) is 11.3 Å². The van der Waals surface area contributed by atoms with Gasteiger partial charge in [0.25, 0.3) is 0 Å². The Labute approximate surface area is 123 Å². The molecule has 0 saturated carbocycles. The number of hydrogen-bond donors (Lipinski definition) is 0. The van der Waals surface area contributed by atoms with Gasteiger partial charge in [-0.25, -0.2) is 0 Å². The van der Waals surface area contributed by atoms with Gasteiger partial charge in [0.15, 0.2) is 0 Å². The van der Waals surface area contributed by atoms with Crippen molar-refractivity contribution in [1.29, 1.82) is 0 Å². The van der Waals surface area contributed by atoms with Crippen LogP contribution in [0.25, 0.3) is 10.8 Å². The standard InChI is InChI=1S/C18H17NS/c1-3-14-5-6-16-11-17(8-7-15(16)10-14)19-12-18-9-4-13(2)20-18/h4-12H,3H2,1-2H3. The minimum Gasteiger partial charge on any atom is -0.255 e. The minimum atomic E-state index is 1.01. The van der Waals surface area contributed by atoms with Gasteiger partial charge >= 0.3 is 0 Å². The number of thiophene rings is 1. The molecule has 0 amide bonds. The van der Waals surface area contributed by atoms with Crippen LogP contribution < -0.4 is 0 Å². The Morgan fingerprint density at radius 1 is 1.00 bits per heavy atom. The summed E-state index contributed by atoms with van der Waals surface area (Å²) < 4.78 is 0. The van der Waals surface area contributed by atoms with Gasteiger partial charge in [0, 0.05) is 16.0 Å². The van der Waals surface area contributed by atoms with E-state index in [-0.39, 0.29) is 0 Å². The average Bonchev–Trinajstić information content (AvgIpc) is 2.90. The first kappa shape index (κ1) is 13.1. The van der Waals surface area contributed by atoms with E-state index in [2.05, 4.69) is 67.4 Å². The van der Waals surface area contributed by atoms with Gasteiger partial charge in [-0.05, 0) is 53.9 Å². The Balaban J connectivity index is 1.91. The minimum absolute atomic E-state index is 1.01. The molecule has 1 aromatic heterocycles. The molecule has 0 saturated heterocycles. The summed E-state index contributed by atoms with van der Waals surface area (Å²) in [4.78, 5) is 7.08. The molecule has 1 heterocycles. The van der Waals surface area contributed by atoms with Gasteiger partial charge in [-0.3, -0.25) is 4.99 Å². The van der Waals surface area contributed by atoms with Crippen molar-refractivity contribution < 1.29 is 0 Å².